The molecule has 0 radical (unpaired) electrons. The first-order chi connectivity index (χ1) is 13.6. The van der Waals surface area contributed by atoms with Gasteiger partial charge in [0.15, 0.2) is 5.13 Å². The van der Waals surface area contributed by atoms with Gasteiger partial charge in [0.05, 0.1) is 5.60 Å². The van der Waals surface area contributed by atoms with Crippen molar-refractivity contribution in [3.05, 3.63) is 41.2 Å². The van der Waals surface area contributed by atoms with E-state index in [1.807, 2.05) is 17.5 Å². The lowest BCUT2D eigenvalue weighted by Gasteiger charge is -2.58. The van der Waals surface area contributed by atoms with Crippen LogP contribution < -0.4 is 10.6 Å². The first-order valence-electron chi connectivity index (χ1n) is 10.2. The molecule has 0 saturated heterocycles. The van der Waals surface area contributed by atoms with Crippen molar-refractivity contribution in [2.75, 3.05) is 11.9 Å². The van der Waals surface area contributed by atoms with Crippen molar-refractivity contribution in [2.45, 2.75) is 50.2 Å². The van der Waals surface area contributed by atoms with Crippen molar-refractivity contribution in [1.82, 2.24) is 15.3 Å². The third-order valence-corrected chi connectivity index (χ3v) is 7.51. The molecule has 4 aliphatic carbocycles. The summed E-state index contributed by atoms with van der Waals surface area (Å²) in [5, 5.41) is 19.9. The Hall–Kier alpha value is -1.99. The molecule has 0 aliphatic heterocycles. The van der Waals surface area contributed by atoms with E-state index in [2.05, 4.69) is 20.6 Å². The van der Waals surface area contributed by atoms with E-state index in [9.17, 15) is 9.90 Å². The van der Waals surface area contributed by atoms with Crippen LogP contribution in [0.1, 0.15) is 48.2 Å². The lowest BCUT2D eigenvalue weighted by Crippen LogP contribution is -2.61. The normalized spacial score (nSPS) is 33.0. The van der Waals surface area contributed by atoms with E-state index >= 15 is 0 Å². The Morgan fingerprint density at radius 2 is 1.96 bits per heavy atom. The Balaban J connectivity index is 1.17. The Bertz CT molecular complexity index is 839. The molecular weight excluding hydrogens is 372 g/mol. The summed E-state index contributed by atoms with van der Waals surface area (Å²) >= 11 is 1.47. The van der Waals surface area contributed by atoms with E-state index in [1.165, 1.54) is 16.9 Å². The van der Waals surface area contributed by atoms with Gasteiger partial charge in [-0.1, -0.05) is 0 Å². The SMILES string of the molecule is O=C(N[C@H]1C2CC3CC1C[C@](O)(C3)C2)c1csc(NCCc2ccncc2)n1. The number of aliphatic hydroxyl groups is 1. The van der Waals surface area contributed by atoms with Gasteiger partial charge in [-0.2, -0.15) is 0 Å². The molecule has 4 saturated carbocycles. The second kappa shape index (κ2) is 7.12. The fraction of sp³-hybridized carbons (Fsp3) is 0.571. The number of hydrogen-bond acceptors (Lipinski definition) is 6. The lowest BCUT2D eigenvalue weighted by molar-refractivity contribution is -0.136. The first-order valence-corrected chi connectivity index (χ1v) is 11.1. The molecule has 28 heavy (non-hydrogen) atoms. The number of carbonyl (C=O) groups excluding carboxylic acids is 1. The summed E-state index contributed by atoms with van der Waals surface area (Å²) in [7, 11) is 0. The molecular formula is C21H26N4O2S. The molecule has 3 N–H and O–H groups in total. The minimum Gasteiger partial charge on any atom is -0.390 e. The van der Waals surface area contributed by atoms with Crippen molar-refractivity contribution in [3.8, 4) is 0 Å². The second-order valence-corrected chi connectivity index (χ2v) is 9.62. The highest BCUT2D eigenvalue weighted by atomic mass is 32.1. The minimum atomic E-state index is -0.468. The number of carbonyl (C=O) groups is 1. The lowest BCUT2D eigenvalue weighted by atomic mass is 9.52. The van der Waals surface area contributed by atoms with Crippen molar-refractivity contribution in [2.24, 2.45) is 17.8 Å². The predicted octanol–water partition coefficient (Wildman–Crippen LogP) is 2.86. The van der Waals surface area contributed by atoms with Gasteiger partial charge in [0.1, 0.15) is 5.69 Å². The van der Waals surface area contributed by atoms with E-state index < -0.39 is 5.60 Å². The zero-order valence-corrected chi connectivity index (χ0v) is 16.6. The molecule has 7 heteroatoms. The topological polar surface area (TPSA) is 87.1 Å². The summed E-state index contributed by atoms with van der Waals surface area (Å²) in [6.07, 6.45) is 9.40. The van der Waals surface area contributed by atoms with Gasteiger partial charge in [-0.3, -0.25) is 9.78 Å². The van der Waals surface area contributed by atoms with E-state index in [0.717, 1.165) is 50.2 Å². The molecule has 1 amide bonds. The highest BCUT2D eigenvalue weighted by Gasteiger charge is 2.55. The van der Waals surface area contributed by atoms with Gasteiger partial charge in [0.2, 0.25) is 0 Å². The summed E-state index contributed by atoms with van der Waals surface area (Å²) in [5.41, 5.74) is 1.24. The summed E-state index contributed by atoms with van der Waals surface area (Å²) in [5.74, 6) is 1.39. The second-order valence-electron chi connectivity index (χ2n) is 8.76. The highest BCUT2D eigenvalue weighted by molar-refractivity contribution is 7.13. The van der Waals surface area contributed by atoms with Crippen LogP contribution in [0.4, 0.5) is 5.13 Å². The number of hydrogen-bond donors (Lipinski definition) is 3. The third-order valence-electron chi connectivity index (χ3n) is 6.71. The highest BCUT2D eigenvalue weighted by Crippen LogP contribution is 2.55. The smallest absolute Gasteiger partial charge is 0.271 e. The molecule has 0 aromatic carbocycles. The average molecular weight is 399 g/mol. The van der Waals surface area contributed by atoms with Crippen LogP contribution in [0.2, 0.25) is 0 Å². The van der Waals surface area contributed by atoms with E-state index in [0.29, 0.717) is 23.4 Å². The number of thiazole rings is 1. The summed E-state index contributed by atoms with van der Waals surface area (Å²) in [6, 6.07) is 4.20. The van der Waals surface area contributed by atoms with E-state index in [4.69, 9.17) is 0 Å². The van der Waals surface area contributed by atoms with Crippen LogP contribution in [-0.2, 0) is 6.42 Å². The number of nitrogens with zero attached hydrogens (tertiary/aromatic N) is 2. The van der Waals surface area contributed by atoms with Crippen LogP contribution in [-0.4, -0.2) is 39.2 Å². The fourth-order valence-corrected chi connectivity index (χ4v) is 6.48. The molecule has 4 aliphatic rings. The summed E-state index contributed by atoms with van der Waals surface area (Å²) in [4.78, 5) is 21.3. The number of rotatable bonds is 6. The van der Waals surface area contributed by atoms with E-state index in [1.54, 1.807) is 12.4 Å². The first kappa shape index (κ1) is 18.1. The molecule has 4 bridgehead atoms. The maximum Gasteiger partial charge on any atom is 0.271 e. The van der Waals surface area contributed by atoms with Crippen molar-refractivity contribution in [1.29, 1.82) is 0 Å². The fourth-order valence-electron chi connectivity index (χ4n) is 5.76. The van der Waals surface area contributed by atoms with Gasteiger partial charge >= 0.3 is 0 Å². The van der Waals surface area contributed by atoms with Crippen LogP contribution in [0.3, 0.4) is 0 Å². The number of amides is 1. The maximum atomic E-state index is 12.8. The average Bonchev–Trinajstić information content (AvgIpc) is 3.13. The molecule has 2 heterocycles. The van der Waals surface area contributed by atoms with Gasteiger partial charge in [-0.25, -0.2) is 4.98 Å². The Kier molecular flexibility index (Phi) is 4.59. The quantitative estimate of drug-likeness (QED) is 0.696. The molecule has 2 aromatic heterocycles. The minimum absolute atomic E-state index is 0.0807. The molecule has 6 rings (SSSR count). The number of anilines is 1. The van der Waals surface area contributed by atoms with Gasteiger partial charge in [0.25, 0.3) is 5.91 Å². The summed E-state index contributed by atoms with van der Waals surface area (Å²) < 4.78 is 0. The number of aromatic nitrogens is 2. The van der Waals surface area contributed by atoms with Crippen LogP contribution >= 0.6 is 11.3 Å². The Morgan fingerprint density at radius 3 is 2.68 bits per heavy atom. The zero-order valence-electron chi connectivity index (χ0n) is 15.8. The molecule has 2 unspecified atom stereocenters. The standard InChI is InChI=1S/C21H26N4O2S/c26-19(25-18-15-7-14-8-16(18)11-21(27,9-14)10-15)17-12-28-20(24-17)23-6-3-13-1-4-22-5-2-13/h1-2,4-5,12,14-16,18,27H,3,6-11H2,(H,23,24)(H,25,26)/t14?,15?,16?,18-,21-. The number of pyridine rings is 1. The van der Waals surface area contributed by atoms with Crippen LogP contribution in [0.5, 0.6) is 0 Å². The van der Waals surface area contributed by atoms with Crippen molar-refractivity contribution in [3.63, 3.8) is 0 Å². The van der Waals surface area contributed by atoms with Gasteiger partial charge in [0, 0.05) is 30.4 Å². The third kappa shape index (κ3) is 3.53. The predicted molar refractivity (Wildman–Crippen MR) is 108 cm³/mol. The van der Waals surface area contributed by atoms with Crippen molar-refractivity contribution >= 4 is 22.4 Å². The molecule has 148 valence electrons. The Labute approximate surface area is 168 Å². The van der Waals surface area contributed by atoms with Crippen LogP contribution in [0, 0.1) is 17.8 Å². The van der Waals surface area contributed by atoms with Crippen LogP contribution in [0.25, 0.3) is 0 Å². The van der Waals surface area contributed by atoms with Crippen molar-refractivity contribution < 1.29 is 9.90 Å². The van der Waals surface area contributed by atoms with Gasteiger partial charge in [-0.15, -0.1) is 11.3 Å². The molecule has 4 fully saturated rings. The van der Waals surface area contributed by atoms with Crippen LogP contribution in [0.15, 0.2) is 29.9 Å². The largest absolute Gasteiger partial charge is 0.390 e. The van der Waals surface area contributed by atoms with Gasteiger partial charge in [-0.05, 0) is 74.0 Å². The monoisotopic (exact) mass is 398 g/mol. The summed E-state index contributed by atoms with van der Waals surface area (Å²) in [6.45, 7) is 0.769. The molecule has 6 nitrogen and oxygen atoms in total. The molecule has 2 aromatic rings. The van der Waals surface area contributed by atoms with E-state index in [-0.39, 0.29) is 11.9 Å². The molecule has 0 spiro atoms. The van der Waals surface area contributed by atoms with Gasteiger partial charge < -0.3 is 15.7 Å². The Morgan fingerprint density at radius 1 is 1.21 bits per heavy atom. The maximum absolute atomic E-state index is 12.8. The number of nitrogens with one attached hydrogen (secondary N) is 2. The molecule has 2 atom stereocenters. The zero-order chi connectivity index (χ0) is 19.1.